The van der Waals surface area contributed by atoms with E-state index in [0.29, 0.717) is 6.54 Å². The third-order valence-electron chi connectivity index (χ3n) is 4.04. The van der Waals surface area contributed by atoms with Crippen molar-refractivity contribution in [3.05, 3.63) is 47.4 Å². The minimum atomic E-state index is 0.00953. The van der Waals surface area contributed by atoms with Crippen molar-refractivity contribution >= 4 is 27.3 Å². The standard InChI is InChI=1S/C18H21N3O2S/c1-13-15-11-14(23-2)5-6-16(15)24-17(13)18(22)20-7-3-4-9-21-10-8-19-12-21/h5-6,8,10-12H,3-4,7,9H2,1-2H3,(H,20,22). The summed E-state index contributed by atoms with van der Waals surface area (Å²) >= 11 is 1.53. The predicted molar refractivity (Wildman–Crippen MR) is 96.9 cm³/mol. The molecular weight excluding hydrogens is 322 g/mol. The molecule has 0 fully saturated rings. The van der Waals surface area contributed by atoms with Gasteiger partial charge in [-0.25, -0.2) is 4.98 Å². The highest BCUT2D eigenvalue weighted by molar-refractivity contribution is 7.21. The lowest BCUT2D eigenvalue weighted by atomic mass is 10.1. The Morgan fingerprint density at radius 1 is 1.38 bits per heavy atom. The molecule has 5 nitrogen and oxygen atoms in total. The van der Waals surface area contributed by atoms with Crippen molar-refractivity contribution in [2.75, 3.05) is 13.7 Å². The molecule has 1 amide bonds. The molecular formula is C18H21N3O2S. The SMILES string of the molecule is COc1ccc2sc(C(=O)NCCCCn3ccnc3)c(C)c2c1. The fourth-order valence-electron chi connectivity index (χ4n) is 2.66. The van der Waals surface area contributed by atoms with Crippen LogP contribution in [0.25, 0.3) is 10.1 Å². The molecule has 3 rings (SSSR count). The van der Waals surface area contributed by atoms with E-state index in [1.165, 1.54) is 11.3 Å². The number of methoxy groups -OCH3 is 1. The number of nitrogens with one attached hydrogen (secondary N) is 1. The summed E-state index contributed by atoms with van der Waals surface area (Å²) in [6.45, 7) is 3.61. The molecule has 1 N–H and O–H groups in total. The molecule has 0 spiro atoms. The summed E-state index contributed by atoms with van der Waals surface area (Å²) in [6, 6.07) is 5.92. The van der Waals surface area contributed by atoms with E-state index < -0.39 is 0 Å². The van der Waals surface area contributed by atoms with Gasteiger partial charge in [0.15, 0.2) is 0 Å². The highest BCUT2D eigenvalue weighted by Crippen LogP contribution is 2.33. The number of unbranched alkanes of at least 4 members (excludes halogenated alkanes) is 1. The molecule has 6 heteroatoms. The van der Waals surface area contributed by atoms with Crippen molar-refractivity contribution in [1.82, 2.24) is 14.9 Å². The number of aromatic nitrogens is 2. The quantitative estimate of drug-likeness (QED) is 0.667. The second kappa shape index (κ2) is 7.49. The highest BCUT2D eigenvalue weighted by atomic mass is 32.1. The van der Waals surface area contributed by atoms with Crippen LogP contribution in [0.5, 0.6) is 5.75 Å². The number of benzene rings is 1. The first-order valence-electron chi connectivity index (χ1n) is 8.00. The van der Waals surface area contributed by atoms with E-state index in [4.69, 9.17) is 4.74 Å². The first-order valence-corrected chi connectivity index (χ1v) is 8.82. The third kappa shape index (κ3) is 3.59. The normalized spacial score (nSPS) is 10.9. The topological polar surface area (TPSA) is 56.1 Å². The van der Waals surface area contributed by atoms with Gasteiger partial charge < -0.3 is 14.6 Å². The van der Waals surface area contributed by atoms with Gasteiger partial charge in [0.1, 0.15) is 5.75 Å². The van der Waals surface area contributed by atoms with Crippen LogP contribution in [0.1, 0.15) is 28.1 Å². The molecule has 126 valence electrons. The fourth-order valence-corrected chi connectivity index (χ4v) is 3.77. The van der Waals surface area contributed by atoms with Crippen LogP contribution in [-0.4, -0.2) is 29.1 Å². The molecule has 0 radical (unpaired) electrons. The molecule has 3 aromatic rings. The van der Waals surface area contributed by atoms with Gasteiger partial charge in [-0.05, 0) is 48.9 Å². The molecule has 0 atom stereocenters. The van der Waals surface area contributed by atoms with Crippen LogP contribution in [0.15, 0.2) is 36.9 Å². The smallest absolute Gasteiger partial charge is 0.261 e. The molecule has 1 aromatic carbocycles. The van der Waals surface area contributed by atoms with Gasteiger partial charge >= 0.3 is 0 Å². The molecule has 0 aliphatic heterocycles. The number of amides is 1. The monoisotopic (exact) mass is 343 g/mol. The number of ether oxygens (including phenoxy) is 1. The first-order chi connectivity index (χ1) is 11.7. The number of thiophene rings is 1. The number of hydrogen-bond donors (Lipinski definition) is 1. The zero-order valence-corrected chi connectivity index (χ0v) is 14.7. The number of rotatable bonds is 7. The first kappa shape index (κ1) is 16.5. The average Bonchev–Trinajstić information content (AvgIpc) is 3.22. The summed E-state index contributed by atoms with van der Waals surface area (Å²) in [5.41, 5.74) is 1.02. The number of carbonyl (C=O) groups is 1. The molecule has 0 saturated heterocycles. The van der Waals surface area contributed by atoms with Crippen LogP contribution in [0.4, 0.5) is 0 Å². The van der Waals surface area contributed by atoms with Crippen molar-refractivity contribution in [1.29, 1.82) is 0 Å². The number of hydrogen-bond acceptors (Lipinski definition) is 4. The Hall–Kier alpha value is -2.34. The van der Waals surface area contributed by atoms with Crippen LogP contribution in [0, 0.1) is 6.92 Å². The Morgan fingerprint density at radius 3 is 3.00 bits per heavy atom. The van der Waals surface area contributed by atoms with Crippen molar-refractivity contribution in [2.24, 2.45) is 0 Å². The number of fused-ring (bicyclic) bond motifs is 1. The maximum Gasteiger partial charge on any atom is 0.261 e. The lowest BCUT2D eigenvalue weighted by Crippen LogP contribution is -2.24. The van der Waals surface area contributed by atoms with Crippen molar-refractivity contribution in [3.63, 3.8) is 0 Å². The molecule has 0 saturated carbocycles. The second-order valence-electron chi connectivity index (χ2n) is 5.68. The zero-order chi connectivity index (χ0) is 16.9. The van der Waals surface area contributed by atoms with E-state index in [-0.39, 0.29) is 5.91 Å². The zero-order valence-electron chi connectivity index (χ0n) is 13.9. The van der Waals surface area contributed by atoms with Crippen molar-refractivity contribution in [3.8, 4) is 5.75 Å². The summed E-state index contributed by atoms with van der Waals surface area (Å²) in [5.74, 6) is 0.824. The Kier molecular flexibility index (Phi) is 5.15. The van der Waals surface area contributed by atoms with E-state index >= 15 is 0 Å². The number of nitrogens with zero attached hydrogens (tertiary/aromatic N) is 2. The fraction of sp³-hybridized carbons (Fsp3) is 0.333. The number of aryl methyl sites for hydroxylation is 2. The molecule has 0 bridgehead atoms. The minimum absolute atomic E-state index is 0.00953. The Bertz CT molecular complexity index is 824. The van der Waals surface area contributed by atoms with Gasteiger partial charge in [-0.3, -0.25) is 4.79 Å². The summed E-state index contributed by atoms with van der Waals surface area (Å²) in [7, 11) is 1.65. The molecule has 0 aliphatic rings. The maximum atomic E-state index is 12.4. The summed E-state index contributed by atoms with van der Waals surface area (Å²) in [4.78, 5) is 17.2. The van der Waals surface area contributed by atoms with E-state index in [1.54, 1.807) is 13.3 Å². The minimum Gasteiger partial charge on any atom is -0.497 e. The Balaban J connectivity index is 1.56. The highest BCUT2D eigenvalue weighted by Gasteiger charge is 2.15. The van der Waals surface area contributed by atoms with E-state index in [9.17, 15) is 4.79 Å². The Morgan fingerprint density at radius 2 is 2.25 bits per heavy atom. The van der Waals surface area contributed by atoms with Crippen LogP contribution in [-0.2, 0) is 6.54 Å². The molecule has 0 unspecified atom stereocenters. The van der Waals surface area contributed by atoms with Crippen LogP contribution >= 0.6 is 11.3 Å². The Labute approximate surface area is 145 Å². The van der Waals surface area contributed by atoms with Gasteiger partial charge in [-0.1, -0.05) is 0 Å². The van der Waals surface area contributed by atoms with Gasteiger partial charge in [-0.2, -0.15) is 0 Å². The molecule has 2 heterocycles. The predicted octanol–water partition coefficient (Wildman–Crippen LogP) is 3.63. The van der Waals surface area contributed by atoms with Crippen molar-refractivity contribution in [2.45, 2.75) is 26.3 Å². The number of imidazole rings is 1. The van der Waals surface area contributed by atoms with E-state index in [1.807, 2.05) is 42.2 Å². The van der Waals surface area contributed by atoms with Crippen molar-refractivity contribution < 1.29 is 9.53 Å². The third-order valence-corrected chi connectivity index (χ3v) is 5.31. The van der Waals surface area contributed by atoms with Crippen LogP contribution in [0.3, 0.4) is 0 Å². The average molecular weight is 343 g/mol. The molecule has 0 aliphatic carbocycles. The van der Waals surface area contributed by atoms with Gasteiger partial charge in [0.2, 0.25) is 0 Å². The van der Waals surface area contributed by atoms with E-state index in [2.05, 4.69) is 10.3 Å². The maximum absolute atomic E-state index is 12.4. The molecule has 24 heavy (non-hydrogen) atoms. The van der Waals surface area contributed by atoms with Gasteiger partial charge in [0.25, 0.3) is 5.91 Å². The lowest BCUT2D eigenvalue weighted by molar-refractivity contribution is 0.0956. The lowest BCUT2D eigenvalue weighted by Gasteiger charge is -2.05. The summed E-state index contributed by atoms with van der Waals surface area (Å²) < 4.78 is 8.42. The van der Waals surface area contributed by atoms with Crippen LogP contribution < -0.4 is 10.1 Å². The summed E-state index contributed by atoms with van der Waals surface area (Å²) in [5, 5.41) is 4.11. The summed E-state index contributed by atoms with van der Waals surface area (Å²) in [6.07, 6.45) is 7.50. The molecule has 2 aromatic heterocycles. The van der Waals surface area contributed by atoms with E-state index in [0.717, 1.165) is 45.7 Å². The largest absolute Gasteiger partial charge is 0.497 e. The van der Waals surface area contributed by atoms with Gasteiger partial charge in [0.05, 0.1) is 18.3 Å². The van der Waals surface area contributed by atoms with Gasteiger partial charge in [-0.15, -0.1) is 11.3 Å². The second-order valence-corrected chi connectivity index (χ2v) is 6.73. The van der Waals surface area contributed by atoms with Crippen LogP contribution in [0.2, 0.25) is 0 Å². The number of carbonyl (C=O) groups excluding carboxylic acids is 1. The van der Waals surface area contributed by atoms with Gasteiger partial charge in [0, 0.05) is 30.2 Å².